The highest BCUT2D eigenvalue weighted by Crippen LogP contribution is 2.25. The van der Waals surface area contributed by atoms with Crippen molar-refractivity contribution in [1.82, 2.24) is 15.0 Å². The Morgan fingerprint density at radius 3 is 2.38 bits per heavy atom. The lowest BCUT2D eigenvalue weighted by molar-refractivity contribution is 0.360. The molecule has 1 fully saturated rings. The average molecular weight is 303 g/mol. The maximum atomic E-state index is 5.95. The van der Waals surface area contributed by atoms with Gasteiger partial charge in [0.2, 0.25) is 5.95 Å². The van der Waals surface area contributed by atoms with Gasteiger partial charge in [-0.05, 0) is 37.7 Å². The molecule has 2 aromatic heterocycles. The minimum atomic E-state index is 0.500. The fourth-order valence-electron chi connectivity index (χ4n) is 2.71. The quantitative estimate of drug-likeness (QED) is 0.924. The van der Waals surface area contributed by atoms with Crippen LogP contribution in [0.25, 0.3) is 11.1 Å². The van der Waals surface area contributed by atoms with Crippen LogP contribution in [0.5, 0.6) is 0 Å². The summed E-state index contributed by atoms with van der Waals surface area (Å²) >= 11 is 5.95. The number of hydrogen-bond acceptors (Lipinski definition) is 4. The molecule has 0 aromatic carbocycles. The number of nitrogens with one attached hydrogen (secondary N) is 1. The van der Waals surface area contributed by atoms with Gasteiger partial charge in [0, 0.05) is 42.0 Å². The first-order valence-electron chi connectivity index (χ1n) is 7.40. The minimum Gasteiger partial charge on any atom is -0.351 e. The number of halogens is 1. The first-order valence-corrected chi connectivity index (χ1v) is 7.78. The Morgan fingerprint density at radius 2 is 1.71 bits per heavy atom. The molecule has 0 aliphatic heterocycles. The van der Waals surface area contributed by atoms with Crippen LogP contribution >= 0.6 is 11.6 Å². The lowest BCUT2D eigenvalue weighted by Gasteiger charge is -2.26. The van der Waals surface area contributed by atoms with Crippen molar-refractivity contribution in [2.75, 3.05) is 5.32 Å². The van der Waals surface area contributed by atoms with Gasteiger partial charge in [0.25, 0.3) is 0 Å². The van der Waals surface area contributed by atoms with E-state index in [-0.39, 0.29) is 0 Å². The summed E-state index contributed by atoms with van der Waals surface area (Å²) < 4.78 is 0. The van der Waals surface area contributed by atoms with Crippen molar-refractivity contribution < 1.29 is 0 Å². The lowest BCUT2D eigenvalue weighted by atomic mass is 9.87. The normalized spacial score (nSPS) is 22.0. The van der Waals surface area contributed by atoms with Crippen LogP contribution in [-0.2, 0) is 0 Å². The first-order chi connectivity index (χ1) is 10.2. The Hall–Kier alpha value is -1.68. The molecule has 1 aliphatic carbocycles. The maximum Gasteiger partial charge on any atom is 0.222 e. The molecule has 0 bridgehead atoms. The largest absolute Gasteiger partial charge is 0.351 e. The van der Waals surface area contributed by atoms with Crippen molar-refractivity contribution in [3.8, 4) is 11.1 Å². The third kappa shape index (κ3) is 3.70. The van der Waals surface area contributed by atoms with Crippen LogP contribution in [0.3, 0.4) is 0 Å². The Balaban J connectivity index is 1.67. The van der Waals surface area contributed by atoms with Crippen LogP contribution in [-0.4, -0.2) is 21.0 Å². The molecule has 2 heterocycles. The SMILES string of the molecule is C[C@H]1CC[C@H](Nc2ncc(-c3cncc(Cl)c3)cn2)CC1. The van der Waals surface area contributed by atoms with Crippen LogP contribution in [0, 0.1) is 5.92 Å². The van der Waals surface area contributed by atoms with Crippen molar-refractivity contribution in [2.24, 2.45) is 5.92 Å². The van der Waals surface area contributed by atoms with E-state index in [0.29, 0.717) is 17.0 Å². The van der Waals surface area contributed by atoms with Crippen LogP contribution in [0.2, 0.25) is 5.02 Å². The molecule has 0 atom stereocenters. The third-order valence-corrected chi connectivity index (χ3v) is 4.25. The van der Waals surface area contributed by atoms with Crippen LogP contribution < -0.4 is 5.32 Å². The Morgan fingerprint density at radius 1 is 1.00 bits per heavy atom. The van der Waals surface area contributed by atoms with E-state index in [1.807, 2.05) is 18.5 Å². The summed E-state index contributed by atoms with van der Waals surface area (Å²) in [5, 5.41) is 4.04. The molecule has 5 heteroatoms. The zero-order chi connectivity index (χ0) is 14.7. The van der Waals surface area contributed by atoms with Gasteiger partial charge in [0.05, 0.1) is 5.02 Å². The zero-order valence-electron chi connectivity index (χ0n) is 12.1. The molecule has 3 rings (SSSR count). The third-order valence-electron chi connectivity index (χ3n) is 4.04. The van der Waals surface area contributed by atoms with Crippen molar-refractivity contribution in [2.45, 2.75) is 38.6 Å². The Labute approximate surface area is 130 Å². The second kappa shape index (κ2) is 6.39. The standard InChI is InChI=1S/C16H19ClN4/c1-11-2-4-15(5-3-11)21-16-19-8-13(9-20-16)12-6-14(17)10-18-7-12/h6-11,15H,2-5H2,1H3,(H,19,20,21)/t11-,15-. The molecule has 1 saturated carbocycles. The number of hydrogen-bond donors (Lipinski definition) is 1. The number of anilines is 1. The molecule has 1 N–H and O–H groups in total. The van der Waals surface area contributed by atoms with Crippen LogP contribution in [0.15, 0.2) is 30.9 Å². The summed E-state index contributed by atoms with van der Waals surface area (Å²) in [5.74, 6) is 1.55. The Bertz CT molecular complexity index is 591. The molecular formula is C16H19ClN4. The predicted octanol–water partition coefficient (Wildman–Crippen LogP) is 4.18. The molecule has 4 nitrogen and oxygen atoms in total. The topological polar surface area (TPSA) is 50.7 Å². The second-order valence-corrected chi connectivity index (χ2v) is 6.22. The van der Waals surface area contributed by atoms with Crippen molar-refractivity contribution in [3.05, 3.63) is 35.9 Å². The van der Waals surface area contributed by atoms with Crippen molar-refractivity contribution in [1.29, 1.82) is 0 Å². The molecule has 0 spiro atoms. The van der Waals surface area contributed by atoms with Gasteiger partial charge >= 0.3 is 0 Å². The van der Waals surface area contributed by atoms with Gasteiger partial charge in [0.15, 0.2) is 0 Å². The Kier molecular flexibility index (Phi) is 4.34. The first kappa shape index (κ1) is 14.3. The van der Waals surface area contributed by atoms with Crippen molar-refractivity contribution in [3.63, 3.8) is 0 Å². The summed E-state index contributed by atoms with van der Waals surface area (Å²) in [7, 11) is 0. The highest BCUT2D eigenvalue weighted by molar-refractivity contribution is 6.30. The van der Waals surface area contributed by atoms with Gasteiger partial charge in [-0.2, -0.15) is 0 Å². The van der Waals surface area contributed by atoms with Gasteiger partial charge in [-0.25, -0.2) is 9.97 Å². The van der Waals surface area contributed by atoms with Crippen LogP contribution in [0.1, 0.15) is 32.6 Å². The number of rotatable bonds is 3. The molecule has 0 unspecified atom stereocenters. The highest BCUT2D eigenvalue weighted by Gasteiger charge is 2.18. The van der Waals surface area contributed by atoms with E-state index in [9.17, 15) is 0 Å². The number of pyridine rings is 1. The fraction of sp³-hybridized carbons (Fsp3) is 0.438. The molecule has 0 amide bonds. The molecule has 0 saturated heterocycles. The maximum absolute atomic E-state index is 5.95. The summed E-state index contributed by atoms with van der Waals surface area (Å²) in [6.45, 7) is 2.32. The smallest absolute Gasteiger partial charge is 0.222 e. The van der Waals surface area contributed by atoms with Crippen LogP contribution in [0.4, 0.5) is 5.95 Å². The zero-order valence-corrected chi connectivity index (χ0v) is 12.8. The number of nitrogens with zero attached hydrogens (tertiary/aromatic N) is 3. The molecule has 21 heavy (non-hydrogen) atoms. The van der Waals surface area contributed by atoms with Gasteiger partial charge in [-0.15, -0.1) is 0 Å². The molecule has 0 radical (unpaired) electrons. The van der Waals surface area contributed by atoms with E-state index >= 15 is 0 Å². The number of aromatic nitrogens is 3. The van der Waals surface area contributed by atoms with E-state index in [4.69, 9.17) is 11.6 Å². The van der Waals surface area contributed by atoms with Gasteiger partial charge in [-0.3, -0.25) is 4.98 Å². The highest BCUT2D eigenvalue weighted by atomic mass is 35.5. The van der Waals surface area contributed by atoms with E-state index < -0.39 is 0 Å². The summed E-state index contributed by atoms with van der Waals surface area (Å²) in [4.78, 5) is 12.9. The lowest BCUT2D eigenvalue weighted by Crippen LogP contribution is -2.26. The van der Waals surface area contributed by atoms with E-state index in [0.717, 1.165) is 17.0 Å². The summed E-state index contributed by atoms with van der Waals surface area (Å²) in [6, 6.07) is 2.36. The van der Waals surface area contributed by atoms with Gasteiger partial charge < -0.3 is 5.32 Å². The molecule has 2 aromatic rings. The van der Waals surface area contributed by atoms with E-state index in [2.05, 4.69) is 27.2 Å². The molecule has 110 valence electrons. The molecular weight excluding hydrogens is 284 g/mol. The average Bonchev–Trinajstić information content (AvgIpc) is 2.50. The van der Waals surface area contributed by atoms with Gasteiger partial charge in [0.1, 0.15) is 0 Å². The summed E-state index contributed by atoms with van der Waals surface area (Å²) in [6.07, 6.45) is 12.0. The van der Waals surface area contributed by atoms with E-state index in [1.54, 1.807) is 12.4 Å². The summed E-state index contributed by atoms with van der Waals surface area (Å²) in [5.41, 5.74) is 1.85. The van der Waals surface area contributed by atoms with Gasteiger partial charge in [-0.1, -0.05) is 18.5 Å². The van der Waals surface area contributed by atoms with Crippen molar-refractivity contribution >= 4 is 17.5 Å². The monoisotopic (exact) mass is 302 g/mol. The second-order valence-electron chi connectivity index (χ2n) is 5.79. The predicted molar refractivity (Wildman–Crippen MR) is 85.3 cm³/mol. The molecule has 1 aliphatic rings. The minimum absolute atomic E-state index is 0.500. The van der Waals surface area contributed by atoms with E-state index in [1.165, 1.54) is 25.7 Å². The fourth-order valence-corrected chi connectivity index (χ4v) is 2.88.